The molecule has 0 amide bonds. The zero-order valence-electron chi connectivity index (χ0n) is 14.7. The van der Waals surface area contributed by atoms with Crippen molar-refractivity contribution in [3.63, 3.8) is 0 Å². The van der Waals surface area contributed by atoms with Gasteiger partial charge < -0.3 is 4.74 Å². The predicted octanol–water partition coefficient (Wildman–Crippen LogP) is 2.92. The number of sulfone groups is 1. The van der Waals surface area contributed by atoms with Crippen molar-refractivity contribution in [2.45, 2.75) is 31.3 Å². The zero-order valence-corrected chi connectivity index (χ0v) is 16.4. The summed E-state index contributed by atoms with van der Waals surface area (Å²) in [6.07, 6.45) is 1.20. The SMILES string of the molecule is CCOC(=O)c1nc(CN(C)[C@@H](C)c2ccc(S(C)(=O)=O)cc2)cs1. The molecule has 25 heavy (non-hydrogen) atoms. The minimum atomic E-state index is -3.19. The molecule has 1 aromatic heterocycles. The predicted molar refractivity (Wildman–Crippen MR) is 97.5 cm³/mol. The van der Waals surface area contributed by atoms with E-state index >= 15 is 0 Å². The average Bonchev–Trinajstić information content (AvgIpc) is 3.02. The van der Waals surface area contributed by atoms with E-state index in [9.17, 15) is 13.2 Å². The maximum atomic E-state index is 11.7. The van der Waals surface area contributed by atoms with Crippen LogP contribution in [0, 0.1) is 0 Å². The van der Waals surface area contributed by atoms with Crippen LogP contribution in [0.5, 0.6) is 0 Å². The van der Waals surface area contributed by atoms with Crippen LogP contribution in [0.15, 0.2) is 34.5 Å². The molecular weight excluding hydrogens is 360 g/mol. The fourth-order valence-corrected chi connectivity index (χ4v) is 3.64. The molecule has 0 fully saturated rings. The van der Waals surface area contributed by atoms with E-state index in [0.717, 1.165) is 11.3 Å². The summed E-state index contributed by atoms with van der Waals surface area (Å²) >= 11 is 1.27. The molecule has 0 aliphatic heterocycles. The Balaban J connectivity index is 2.05. The van der Waals surface area contributed by atoms with Gasteiger partial charge in [0, 0.05) is 24.2 Å². The second kappa shape index (κ2) is 8.07. The molecule has 0 radical (unpaired) electrons. The topological polar surface area (TPSA) is 76.6 Å². The largest absolute Gasteiger partial charge is 0.461 e. The van der Waals surface area contributed by atoms with Gasteiger partial charge >= 0.3 is 5.97 Å². The third-order valence-electron chi connectivity index (χ3n) is 3.87. The number of hydrogen-bond donors (Lipinski definition) is 0. The number of esters is 1. The van der Waals surface area contributed by atoms with Gasteiger partial charge in [-0.15, -0.1) is 11.3 Å². The lowest BCUT2D eigenvalue weighted by atomic mass is 10.1. The number of ether oxygens (including phenoxy) is 1. The molecule has 1 aromatic carbocycles. The number of carbonyl (C=O) groups is 1. The molecule has 0 unspecified atom stereocenters. The van der Waals surface area contributed by atoms with Crippen LogP contribution < -0.4 is 0 Å². The number of rotatable bonds is 7. The second-order valence-electron chi connectivity index (χ2n) is 5.80. The van der Waals surface area contributed by atoms with Gasteiger partial charge in [0.15, 0.2) is 9.84 Å². The molecule has 1 heterocycles. The molecule has 6 nitrogen and oxygen atoms in total. The Morgan fingerprint density at radius 1 is 1.32 bits per heavy atom. The van der Waals surface area contributed by atoms with Gasteiger partial charge in [-0.3, -0.25) is 4.90 Å². The molecule has 0 N–H and O–H groups in total. The van der Waals surface area contributed by atoms with E-state index in [1.54, 1.807) is 19.1 Å². The Kier molecular flexibility index (Phi) is 6.31. The summed E-state index contributed by atoms with van der Waals surface area (Å²) in [5.41, 5.74) is 1.81. The van der Waals surface area contributed by atoms with Crippen molar-refractivity contribution in [1.29, 1.82) is 0 Å². The van der Waals surface area contributed by atoms with Crippen LogP contribution in [-0.2, 0) is 21.1 Å². The van der Waals surface area contributed by atoms with Crippen LogP contribution >= 0.6 is 11.3 Å². The van der Waals surface area contributed by atoms with E-state index in [4.69, 9.17) is 4.74 Å². The highest BCUT2D eigenvalue weighted by atomic mass is 32.2. The van der Waals surface area contributed by atoms with Crippen LogP contribution in [0.3, 0.4) is 0 Å². The Bertz CT molecular complexity index is 829. The first kappa shape index (κ1) is 19.6. The fourth-order valence-electron chi connectivity index (χ4n) is 2.31. The Morgan fingerprint density at radius 2 is 1.96 bits per heavy atom. The first-order valence-corrected chi connectivity index (χ1v) is 10.6. The van der Waals surface area contributed by atoms with Gasteiger partial charge in [0.1, 0.15) is 0 Å². The second-order valence-corrected chi connectivity index (χ2v) is 8.67. The number of thiazole rings is 1. The smallest absolute Gasteiger partial charge is 0.367 e. The van der Waals surface area contributed by atoms with Gasteiger partial charge in [-0.1, -0.05) is 12.1 Å². The van der Waals surface area contributed by atoms with Gasteiger partial charge in [0.2, 0.25) is 5.01 Å². The van der Waals surface area contributed by atoms with E-state index in [-0.39, 0.29) is 6.04 Å². The van der Waals surface area contributed by atoms with Crippen LogP contribution in [0.2, 0.25) is 0 Å². The molecule has 2 aromatic rings. The molecule has 0 bridgehead atoms. The lowest BCUT2D eigenvalue weighted by Gasteiger charge is -2.24. The van der Waals surface area contributed by atoms with Gasteiger partial charge in [0.05, 0.1) is 17.2 Å². The first-order valence-electron chi connectivity index (χ1n) is 7.84. The van der Waals surface area contributed by atoms with E-state index in [0.29, 0.717) is 23.1 Å². The van der Waals surface area contributed by atoms with Crippen molar-refractivity contribution in [1.82, 2.24) is 9.88 Å². The fraction of sp³-hybridized carbons (Fsp3) is 0.412. The van der Waals surface area contributed by atoms with Crippen molar-refractivity contribution in [2.75, 3.05) is 19.9 Å². The molecule has 8 heteroatoms. The summed E-state index contributed by atoms with van der Waals surface area (Å²) in [5, 5.41) is 2.21. The normalized spacial score (nSPS) is 13.0. The lowest BCUT2D eigenvalue weighted by Crippen LogP contribution is -2.22. The standard InChI is InChI=1S/C17H22N2O4S2/c1-5-23-17(20)16-18-14(11-24-16)10-19(3)12(2)13-6-8-15(9-7-13)25(4,21)22/h6-9,11-12H,5,10H2,1-4H3/t12-/m0/s1. The third kappa shape index (κ3) is 5.10. The number of aromatic nitrogens is 1. The quantitative estimate of drug-likeness (QED) is 0.685. The zero-order chi connectivity index (χ0) is 18.6. The monoisotopic (exact) mass is 382 g/mol. The van der Waals surface area contributed by atoms with Gasteiger partial charge in [-0.25, -0.2) is 18.2 Å². The molecule has 0 aliphatic rings. The minimum Gasteiger partial charge on any atom is -0.461 e. The summed E-state index contributed by atoms with van der Waals surface area (Å²) in [5.74, 6) is -0.397. The molecule has 0 aliphatic carbocycles. The molecule has 1 atom stereocenters. The maximum absolute atomic E-state index is 11.7. The van der Waals surface area contributed by atoms with Crippen molar-refractivity contribution in [2.24, 2.45) is 0 Å². The van der Waals surface area contributed by atoms with Crippen molar-refractivity contribution in [3.05, 3.63) is 45.9 Å². The highest BCUT2D eigenvalue weighted by Gasteiger charge is 2.17. The Morgan fingerprint density at radius 3 is 2.52 bits per heavy atom. The van der Waals surface area contributed by atoms with Gasteiger partial charge in [-0.2, -0.15) is 0 Å². The van der Waals surface area contributed by atoms with Crippen LogP contribution in [-0.4, -0.2) is 44.2 Å². The molecule has 2 rings (SSSR count). The van der Waals surface area contributed by atoms with Crippen molar-refractivity contribution in [3.8, 4) is 0 Å². The molecule has 0 spiro atoms. The summed E-state index contributed by atoms with van der Waals surface area (Å²) < 4.78 is 28.0. The highest BCUT2D eigenvalue weighted by molar-refractivity contribution is 7.90. The van der Waals surface area contributed by atoms with E-state index in [2.05, 4.69) is 9.88 Å². The van der Waals surface area contributed by atoms with Crippen LogP contribution in [0.1, 0.15) is 40.9 Å². The number of nitrogens with zero attached hydrogens (tertiary/aromatic N) is 2. The van der Waals surface area contributed by atoms with E-state index < -0.39 is 15.8 Å². The number of benzene rings is 1. The molecule has 0 saturated heterocycles. The highest BCUT2D eigenvalue weighted by Crippen LogP contribution is 2.23. The Labute approximate surface area is 152 Å². The van der Waals surface area contributed by atoms with Crippen LogP contribution in [0.25, 0.3) is 0 Å². The number of hydrogen-bond acceptors (Lipinski definition) is 7. The average molecular weight is 383 g/mol. The number of carbonyl (C=O) groups excluding carboxylic acids is 1. The third-order valence-corrected chi connectivity index (χ3v) is 5.86. The van der Waals surface area contributed by atoms with E-state index in [1.165, 1.54) is 17.6 Å². The maximum Gasteiger partial charge on any atom is 0.367 e. The summed E-state index contributed by atoms with van der Waals surface area (Å²) in [6.45, 7) is 4.70. The minimum absolute atomic E-state index is 0.0707. The first-order chi connectivity index (χ1) is 11.7. The van der Waals surface area contributed by atoms with Crippen molar-refractivity contribution < 1.29 is 17.9 Å². The molecule has 136 valence electrons. The van der Waals surface area contributed by atoms with Gasteiger partial charge in [-0.05, 0) is 38.6 Å². The molecular formula is C17H22N2O4S2. The lowest BCUT2D eigenvalue weighted by molar-refractivity contribution is 0.0525. The molecule has 0 saturated carbocycles. The summed E-state index contributed by atoms with van der Waals surface area (Å²) in [7, 11) is -1.23. The Hall–Kier alpha value is -1.77. The van der Waals surface area contributed by atoms with Crippen molar-refractivity contribution >= 4 is 27.1 Å². The van der Waals surface area contributed by atoms with Crippen LogP contribution in [0.4, 0.5) is 0 Å². The van der Waals surface area contributed by atoms with Gasteiger partial charge in [0.25, 0.3) is 0 Å². The summed E-state index contributed by atoms with van der Waals surface area (Å²) in [6, 6.07) is 6.96. The summed E-state index contributed by atoms with van der Waals surface area (Å²) in [4.78, 5) is 18.4. The van der Waals surface area contributed by atoms with E-state index in [1.807, 2.05) is 31.5 Å².